The van der Waals surface area contributed by atoms with Gasteiger partial charge < -0.3 is 5.11 Å². The summed E-state index contributed by atoms with van der Waals surface area (Å²) in [6.45, 7) is 0. The van der Waals surface area contributed by atoms with E-state index in [1.54, 1.807) is 0 Å². The van der Waals surface area contributed by atoms with Crippen LogP contribution in [-0.2, 0) is 6.18 Å². The maximum atomic E-state index is 12.5. The second-order valence-electron chi connectivity index (χ2n) is 2.90. The topological polar surface area (TPSA) is 67.5 Å². The van der Waals surface area contributed by atoms with E-state index < -0.39 is 23.5 Å². The number of carboxylic acid groups (broad SMARTS) is 1. The summed E-state index contributed by atoms with van der Waals surface area (Å²) in [5.74, 6) is -2.00. The molecule has 2 rings (SSSR count). The minimum atomic E-state index is -4.82. The smallest absolute Gasteiger partial charge is 0.435 e. The first-order valence-electron chi connectivity index (χ1n) is 4.05. The van der Waals surface area contributed by atoms with E-state index in [0.717, 1.165) is 10.6 Å². The molecule has 0 aliphatic heterocycles. The van der Waals surface area contributed by atoms with Crippen molar-refractivity contribution in [3.8, 4) is 0 Å². The lowest BCUT2D eigenvalue weighted by Crippen LogP contribution is -2.13. The van der Waals surface area contributed by atoms with Gasteiger partial charge in [-0.25, -0.2) is 14.8 Å². The molecule has 84 valence electrons. The maximum absolute atomic E-state index is 12.5. The molecule has 0 radical (unpaired) electrons. The zero-order valence-electron chi connectivity index (χ0n) is 7.56. The Morgan fingerprint density at radius 2 is 2.12 bits per heavy atom. The van der Waals surface area contributed by atoms with Crippen LogP contribution in [-0.4, -0.2) is 25.4 Å². The molecule has 0 amide bonds. The molecule has 2 aromatic heterocycles. The summed E-state index contributed by atoms with van der Waals surface area (Å²) in [6, 6.07) is 1.32. The Bertz CT molecular complexity index is 561. The number of halogens is 3. The van der Waals surface area contributed by atoms with E-state index in [0.29, 0.717) is 0 Å². The number of carboxylic acids is 1. The van der Waals surface area contributed by atoms with Crippen molar-refractivity contribution in [2.75, 3.05) is 0 Å². The Morgan fingerprint density at radius 3 is 2.69 bits per heavy atom. The number of aromatic carboxylic acids is 1. The Kier molecular flexibility index (Phi) is 2.07. The number of nitrogens with zero attached hydrogens (tertiary/aromatic N) is 3. The fourth-order valence-electron chi connectivity index (χ4n) is 1.29. The molecule has 0 atom stereocenters. The number of fused-ring (bicyclic) bond motifs is 1. The normalized spacial score (nSPS) is 11.9. The first-order valence-corrected chi connectivity index (χ1v) is 4.05. The molecule has 0 unspecified atom stereocenters. The number of alkyl halides is 3. The van der Waals surface area contributed by atoms with E-state index in [-0.39, 0.29) is 5.78 Å². The average molecular weight is 231 g/mol. The predicted molar refractivity (Wildman–Crippen MR) is 44.9 cm³/mol. The minimum absolute atomic E-state index is 0.299. The van der Waals surface area contributed by atoms with Gasteiger partial charge in [0.25, 0.3) is 0 Å². The summed E-state index contributed by atoms with van der Waals surface area (Å²) in [5, 5.41) is 8.73. The summed E-state index contributed by atoms with van der Waals surface area (Å²) in [5.41, 5.74) is -2.38. The van der Waals surface area contributed by atoms with E-state index >= 15 is 0 Å². The van der Waals surface area contributed by atoms with Crippen LogP contribution in [0.25, 0.3) is 5.78 Å². The van der Waals surface area contributed by atoms with E-state index in [2.05, 4.69) is 9.97 Å². The van der Waals surface area contributed by atoms with Gasteiger partial charge in [-0.3, -0.25) is 4.40 Å². The van der Waals surface area contributed by atoms with Crippen LogP contribution in [0.3, 0.4) is 0 Å². The number of hydrogen-bond acceptors (Lipinski definition) is 3. The SMILES string of the molecule is O=C(O)c1c(C(F)(F)F)nc2ncccn12. The molecule has 0 aliphatic carbocycles. The molecular formula is C8H4F3N3O2. The Morgan fingerprint density at radius 1 is 1.44 bits per heavy atom. The molecule has 0 aromatic carbocycles. The van der Waals surface area contributed by atoms with E-state index in [9.17, 15) is 18.0 Å². The van der Waals surface area contributed by atoms with Gasteiger partial charge >= 0.3 is 12.1 Å². The van der Waals surface area contributed by atoms with Gasteiger partial charge in [-0.2, -0.15) is 13.2 Å². The summed E-state index contributed by atoms with van der Waals surface area (Å²) in [4.78, 5) is 17.5. The summed E-state index contributed by atoms with van der Waals surface area (Å²) in [6.07, 6.45) is -2.43. The fourth-order valence-corrected chi connectivity index (χ4v) is 1.29. The van der Waals surface area contributed by atoms with Crippen molar-refractivity contribution in [3.05, 3.63) is 29.8 Å². The molecule has 8 heteroatoms. The Labute approximate surface area is 86.2 Å². The lowest BCUT2D eigenvalue weighted by atomic mass is 10.3. The molecule has 0 fully saturated rings. The van der Waals surface area contributed by atoms with Crippen LogP contribution < -0.4 is 0 Å². The van der Waals surface area contributed by atoms with Crippen LogP contribution in [0, 0.1) is 0 Å². The quantitative estimate of drug-likeness (QED) is 0.806. The molecule has 0 aliphatic rings. The highest BCUT2D eigenvalue weighted by Gasteiger charge is 2.40. The van der Waals surface area contributed by atoms with E-state index in [1.807, 2.05) is 0 Å². The van der Waals surface area contributed by atoms with Crippen molar-refractivity contribution in [2.45, 2.75) is 6.18 Å². The molecular weight excluding hydrogens is 227 g/mol. The van der Waals surface area contributed by atoms with Crippen LogP contribution in [0.5, 0.6) is 0 Å². The lowest BCUT2D eigenvalue weighted by molar-refractivity contribution is -0.141. The standard InChI is InChI=1S/C8H4F3N3O2/c9-8(10,11)5-4(6(15)16)14-3-1-2-12-7(14)13-5/h1-3H,(H,15,16). The number of imidazole rings is 1. The summed E-state index contributed by atoms with van der Waals surface area (Å²) in [7, 11) is 0. The molecule has 0 spiro atoms. The molecule has 0 bridgehead atoms. The fraction of sp³-hybridized carbons (Fsp3) is 0.125. The Balaban J connectivity index is 2.84. The highest BCUT2D eigenvalue weighted by molar-refractivity contribution is 5.88. The van der Waals surface area contributed by atoms with Crippen LogP contribution >= 0.6 is 0 Å². The third-order valence-corrected chi connectivity index (χ3v) is 1.87. The summed E-state index contributed by atoms with van der Waals surface area (Å²) < 4.78 is 38.2. The Hall–Kier alpha value is -2.12. The van der Waals surface area contributed by atoms with Crippen LogP contribution in [0.15, 0.2) is 18.5 Å². The van der Waals surface area contributed by atoms with Gasteiger partial charge in [0.2, 0.25) is 5.78 Å². The largest absolute Gasteiger partial charge is 0.476 e. The lowest BCUT2D eigenvalue weighted by Gasteiger charge is -2.03. The monoisotopic (exact) mass is 231 g/mol. The van der Waals surface area contributed by atoms with Gasteiger partial charge in [-0.15, -0.1) is 0 Å². The van der Waals surface area contributed by atoms with Crippen LogP contribution in [0.2, 0.25) is 0 Å². The molecule has 2 aromatic rings. The van der Waals surface area contributed by atoms with Crippen molar-refractivity contribution >= 4 is 11.7 Å². The molecule has 0 saturated heterocycles. The highest BCUT2D eigenvalue weighted by atomic mass is 19.4. The third-order valence-electron chi connectivity index (χ3n) is 1.87. The molecule has 0 saturated carbocycles. The second-order valence-corrected chi connectivity index (χ2v) is 2.90. The predicted octanol–water partition coefficient (Wildman–Crippen LogP) is 1.45. The zero-order chi connectivity index (χ0) is 11.9. The van der Waals surface area contributed by atoms with E-state index in [1.165, 1.54) is 12.3 Å². The van der Waals surface area contributed by atoms with Crippen molar-refractivity contribution in [1.82, 2.24) is 14.4 Å². The van der Waals surface area contributed by atoms with Gasteiger partial charge in [-0.05, 0) is 6.07 Å². The van der Waals surface area contributed by atoms with Crippen molar-refractivity contribution in [2.24, 2.45) is 0 Å². The maximum Gasteiger partial charge on any atom is 0.435 e. The number of carbonyl (C=O) groups is 1. The van der Waals surface area contributed by atoms with Crippen molar-refractivity contribution in [1.29, 1.82) is 0 Å². The van der Waals surface area contributed by atoms with Crippen molar-refractivity contribution < 1.29 is 23.1 Å². The van der Waals surface area contributed by atoms with Crippen molar-refractivity contribution in [3.63, 3.8) is 0 Å². The molecule has 2 heterocycles. The second kappa shape index (κ2) is 3.19. The first-order chi connectivity index (χ1) is 7.41. The number of rotatable bonds is 1. The van der Waals surface area contributed by atoms with Gasteiger partial charge in [0.05, 0.1) is 0 Å². The molecule has 1 N–H and O–H groups in total. The van der Waals surface area contributed by atoms with Crippen LogP contribution in [0.1, 0.15) is 16.2 Å². The van der Waals surface area contributed by atoms with Gasteiger partial charge in [0.15, 0.2) is 11.4 Å². The minimum Gasteiger partial charge on any atom is -0.476 e. The zero-order valence-corrected chi connectivity index (χ0v) is 7.56. The van der Waals surface area contributed by atoms with Gasteiger partial charge in [0.1, 0.15) is 0 Å². The first kappa shape index (κ1) is 10.4. The molecule has 5 nitrogen and oxygen atoms in total. The van der Waals surface area contributed by atoms with Gasteiger partial charge in [0, 0.05) is 12.4 Å². The van der Waals surface area contributed by atoms with Crippen LogP contribution in [0.4, 0.5) is 13.2 Å². The van der Waals surface area contributed by atoms with E-state index in [4.69, 9.17) is 5.11 Å². The summed E-state index contributed by atoms with van der Waals surface area (Å²) >= 11 is 0. The number of hydrogen-bond donors (Lipinski definition) is 1. The highest BCUT2D eigenvalue weighted by Crippen LogP contribution is 2.31. The number of aromatic nitrogens is 3. The third kappa shape index (κ3) is 1.47. The van der Waals surface area contributed by atoms with Gasteiger partial charge in [-0.1, -0.05) is 0 Å². The average Bonchev–Trinajstić information content (AvgIpc) is 2.55. The molecule has 16 heavy (non-hydrogen) atoms.